The smallest absolute Gasteiger partial charge is 0.144 e. The summed E-state index contributed by atoms with van der Waals surface area (Å²) >= 11 is 0. The van der Waals surface area contributed by atoms with E-state index in [1.54, 1.807) is 6.07 Å². The Morgan fingerprint density at radius 3 is 1.72 bits per heavy atom. The molecule has 0 atom stereocenters. The van der Waals surface area contributed by atoms with E-state index in [1.165, 1.54) is 108 Å². The molecule has 0 aliphatic heterocycles. The Hall–Kier alpha value is -1.43. The molecule has 1 aromatic carbocycles. The highest BCUT2D eigenvalue weighted by Gasteiger charge is 2.26. The third kappa shape index (κ3) is 7.57. The highest BCUT2D eigenvalue weighted by Crippen LogP contribution is 2.40. The topological polar surface area (TPSA) is 23.8 Å². The first kappa shape index (κ1) is 25.2. The van der Waals surface area contributed by atoms with Crippen molar-refractivity contribution in [2.24, 2.45) is 17.8 Å². The first-order chi connectivity index (χ1) is 15.6. The second-order valence-electron chi connectivity index (χ2n) is 10.7. The maximum atomic E-state index is 14.0. The second-order valence-corrected chi connectivity index (χ2v) is 10.7. The number of nitrogens with zero attached hydrogens (tertiary/aromatic N) is 1. The molecule has 2 aliphatic carbocycles. The van der Waals surface area contributed by atoms with Crippen molar-refractivity contribution in [2.45, 2.75) is 122 Å². The monoisotopic (exact) mass is 443 g/mol. The molecule has 1 nitrogen and oxygen atoms in total. The molecule has 1 aromatic rings. The summed E-state index contributed by atoms with van der Waals surface area (Å²) in [4.78, 5) is 0. The van der Waals surface area contributed by atoms with E-state index in [2.05, 4.69) is 6.92 Å². The number of hydrogen-bond acceptors (Lipinski definition) is 1. The quantitative estimate of drug-likeness (QED) is 0.312. The molecule has 0 amide bonds. The lowest BCUT2D eigenvalue weighted by atomic mass is 9.74. The zero-order valence-electron chi connectivity index (χ0n) is 20.2. The minimum Gasteiger partial charge on any atom is -0.205 e. The largest absolute Gasteiger partial charge is 0.205 e. The van der Waals surface area contributed by atoms with Gasteiger partial charge in [-0.05, 0) is 67.1 Å². The molecule has 3 rings (SSSR count). The van der Waals surface area contributed by atoms with Gasteiger partial charge in [0.1, 0.15) is 23.3 Å². The average molecular weight is 444 g/mol. The Morgan fingerprint density at radius 1 is 0.719 bits per heavy atom. The fraction of sp³-hybridized carbons (Fsp3) is 0.759. The van der Waals surface area contributed by atoms with Gasteiger partial charge in [-0.2, -0.15) is 5.26 Å². The van der Waals surface area contributed by atoms with Gasteiger partial charge in [0.05, 0.1) is 0 Å². The Labute approximate surface area is 195 Å². The van der Waals surface area contributed by atoms with E-state index >= 15 is 0 Å². The van der Waals surface area contributed by atoms with Gasteiger partial charge >= 0.3 is 0 Å². The normalized spacial score (nSPS) is 26.1. The van der Waals surface area contributed by atoms with Crippen molar-refractivity contribution in [1.82, 2.24) is 0 Å². The summed E-state index contributed by atoms with van der Waals surface area (Å²) < 4.78 is 27.9. The lowest BCUT2D eigenvalue weighted by molar-refractivity contribution is 0.222. The molecule has 0 radical (unpaired) electrons. The molecule has 0 unspecified atom stereocenters. The SMILES string of the molecule is CCCCCCCC[C@H]1CC[C@H](CCC2CCC(c3cc(F)c(C#N)c(F)c3)CC2)CC1. The summed E-state index contributed by atoms with van der Waals surface area (Å²) in [7, 11) is 0. The van der Waals surface area contributed by atoms with Gasteiger partial charge in [0.25, 0.3) is 0 Å². The zero-order chi connectivity index (χ0) is 22.8. The van der Waals surface area contributed by atoms with E-state index in [0.29, 0.717) is 0 Å². The molecule has 2 fully saturated rings. The van der Waals surface area contributed by atoms with Gasteiger partial charge in [0.15, 0.2) is 0 Å². The molecule has 0 spiro atoms. The van der Waals surface area contributed by atoms with Gasteiger partial charge in [-0.1, -0.05) is 90.4 Å². The van der Waals surface area contributed by atoms with Crippen LogP contribution in [-0.2, 0) is 0 Å². The molecule has 178 valence electrons. The van der Waals surface area contributed by atoms with Crippen LogP contribution in [0.1, 0.15) is 133 Å². The molecule has 0 saturated heterocycles. The highest BCUT2D eigenvalue weighted by atomic mass is 19.1. The lowest BCUT2D eigenvalue weighted by Crippen LogP contribution is -2.18. The van der Waals surface area contributed by atoms with Crippen molar-refractivity contribution in [3.05, 3.63) is 34.9 Å². The number of unbranched alkanes of at least 4 members (excludes halogenated alkanes) is 5. The van der Waals surface area contributed by atoms with Crippen molar-refractivity contribution < 1.29 is 8.78 Å². The van der Waals surface area contributed by atoms with Crippen LogP contribution < -0.4 is 0 Å². The number of rotatable bonds is 11. The molecule has 2 aliphatic rings. The molecule has 0 N–H and O–H groups in total. The highest BCUT2D eigenvalue weighted by molar-refractivity contribution is 5.36. The van der Waals surface area contributed by atoms with Gasteiger partial charge in [-0.15, -0.1) is 0 Å². The predicted octanol–water partition coefficient (Wildman–Crippen LogP) is 9.45. The van der Waals surface area contributed by atoms with Crippen LogP contribution in [0.5, 0.6) is 0 Å². The average Bonchev–Trinajstić information content (AvgIpc) is 2.81. The Balaban J connectivity index is 1.30. The molecule has 0 bridgehead atoms. The molecule has 0 aromatic heterocycles. The van der Waals surface area contributed by atoms with Crippen molar-refractivity contribution in [3.8, 4) is 6.07 Å². The van der Waals surface area contributed by atoms with Gasteiger partial charge < -0.3 is 0 Å². The molecular formula is C29H43F2N. The van der Waals surface area contributed by atoms with Crippen LogP contribution in [0.4, 0.5) is 8.78 Å². The minimum atomic E-state index is -0.711. The van der Waals surface area contributed by atoms with Crippen molar-refractivity contribution >= 4 is 0 Å². The summed E-state index contributed by atoms with van der Waals surface area (Å²) in [6.45, 7) is 2.28. The van der Waals surface area contributed by atoms with Crippen LogP contribution in [-0.4, -0.2) is 0 Å². The number of hydrogen-bond donors (Lipinski definition) is 0. The van der Waals surface area contributed by atoms with Crippen molar-refractivity contribution in [2.75, 3.05) is 0 Å². The van der Waals surface area contributed by atoms with E-state index in [0.717, 1.165) is 36.2 Å². The van der Waals surface area contributed by atoms with E-state index in [9.17, 15) is 8.78 Å². The van der Waals surface area contributed by atoms with Gasteiger partial charge in [-0.25, -0.2) is 8.78 Å². The third-order valence-corrected chi connectivity index (χ3v) is 8.41. The summed E-state index contributed by atoms with van der Waals surface area (Å²) in [6, 6.07) is 4.39. The standard InChI is InChI=1S/C29H43F2N/c1-2-3-4-5-6-7-8-22-9-11-23(12-10-22)13-14-24-15-17-25(18-16-24)26-19-28(30)27(21-32)29(31)20-26/h19-20,22-25H,2-18H2,1H3/t22-,23-,24?,25?. The third-order valence-electron chi connectivity index (χ3n) is 8.41. The molecule has 32 heavy (non-hydrogen) atoms. The summed E-state index contributed by atoms with van der Waals surface area (Å²) in [5.41, 5.74) is 0.283. The molecule has 0 heterocycles. The van der Waals surface area contributed by atoms with Crippen LogP contribution in [0.25, 0.3) is 0 Å². The van der Waals surface area contributed by atoms with Gasteiger partial charge in [0, 0.05) is 0 Å². The maximum absolute atomic E-state index is 14.0. The van der Waals surface area contributed by atoms with Gasteiger partial charge in [-0.3, -0.25) is 0 Å². The van der Waals surface area contributed by atoms with Crippen molar-refractivity contribution in [3.63, 3.8) is 0 Å². The number of nitriles is 1. The predicted molar refractivity (Wildman–Crippen MR) is 128 cm³/mol. The van der Waals surface area contributed by atoms with Crippen LogP contribution in [0.3, 0.4) is 0 Å². The number of benzene rings is 1. The summed E-state index contributed by atoms with van der Waals surface area (Å²) in [6.07, 6.45) is 22.7. The van der Waals surface area contributed by atoms with Crippen LogP contribution in [0.15, 0.2) is 12.1 Å². The zero-order valence-corrected chi connectivity index (χ0v) is 20.2. The van der Waals surface area contributed by atoms with E-state index in [-0.39, 0.29) is 5.92 Å². The van der Waals surface area contributed by atoms with Crippen LogP contribution in [0, 0.1) is 40.7 Å². The second kappa shape index (κ2) is 13.3. The maximum Gasteiger partial charge on any atom is 0.144 e. The Bertz CT molecular complexity index is 698. The molecular weight excluding hydrogens is 400 g/mol. The Kier molecular flexibility index (Phi) is 10.5. The Morgan fingerprint density at radius 2 is 1.19 bits per heavy atom. The molecule has 2 saturated carbocycles. The van der Waals surface area contributed by atoms with E-state index < -0.39 is 17.2 Å². The number of halogens is 2. The molecule has 3 heteroatoms. The fourth-order valence-corrected chi connectivity index (χ4v) is 6.21. The minimum absolute atomic E-state index is 0.236. The van der Waals surface area contributed by atoms with Crippen molar-refractivity contribution in [1.29, 1.82) is 5.26 Å². The summed E-state index contributed by atoms with van der Waals surface area (Å²) in [5, 5.41) is 8.86. The van der Waals surface area contributed by atoms with Gasteiger partial charge in [0.2, 0.25) is 0 Å². The summed E-state index contributed by atoms with van der Waals surface area (Å²) in [5.74, 6) is 1.50. The first-order valence-electron chi connectivity index (χ1n) is 13.5. The van der Waals surface area contributed by atoms with E-state index in [1.807, 2.05) is 0 Å². The first-order valence-corrected chi connectivity index (χ1v) is 13.5. The fourth-order valence-electron chi connectivity index (χ4n) is 6.21. The lowest BCUT2D eigenvalue weighted by Gasteiger charge is -2.32. The van der Waals surface area contributed by atoms with E-state index in [4.69, 9.17) is 5.26 Å². The van der Waals surface area contributed by atoms with Crippen LogP contribution >= 0.6 is 0 Å². The van der Waals surface area contributed by atoms with Crippen LogP contribution in [0.2, 0.25) is 0 Å².